The van der Waals surface area contributed by atoms with Crippen LogP contribution in [0.15, 0.2) is 0 Å². The van der Waals surface area contributed by atoms with Crippen LogP contribution in [0.25, 0.3) is 0 Å². The van der Waals surface area contributed by atoms with Gasteiger partial charge >= 0.3 is 11.8 Å². The molecule has 0 spiro atoms. The van der Waals surface area contributed by atoms with E-state index in [0.717, 1.165) is 32.1 Å². The minimum Gasteiger partial charge on any atom is -0.348 e. The van der Waals surface area contributed by atoms with E-state index in [9.17, 15) is 9.59 Å². The second-order valence-electron chi connectivity index (χ2n) is 4.95. The van der Waals surface area contributed by atoms with Crippen molar-refractivity contribution >= 4 is 11.8 Å². The maximum atomic E-state index is 11.6. The number of rotatable bonds is 4. The fourth-order valence-electron chi connectivity index (χ4n) is 2.22. The molecule has 4 heteroatoms. The van der Waals surface area contributed by atoms with Crippen molar-refractivity contribution in [3.05, 3.63) is 0 Å². The highest BCUT2D eigenvalue weighted by atomic mass is 16.2. The summed E-state index contributed by atoms with van der Waals surface area (Å²) in [5.74, 6) is -0.479. The van der Waals surface area contributed by atoms with Gasteiger partial charge in [0.25, 0.3) is 0 Å². The lowest BCUT2D eigenvalue weighted by atomic mass is 9.86. The van der Waals surface area contributed by atoms with Gasteiger partial charge in [0.1, 0.15) is 0 Å². The van der Waals surface area contributed by atoms with Crippen LogP contribution in [-0.2, 0) is 9.59 Å². The summed E-state index contributed by atoms with van der Waals surface area (Å²) < 4.78 is 0. The van der Waals surface area contributed by atoms with Crippen molar-refractivity contribution in [2.75, 3.05) is 6.54 Å². The van der Waals surface area contributed by atoms with Crippen LogP contribution >= 0.6 is 0 Å². The lowest BCUT2D eigenvalue weighted by Crippen LogP contribution is -2.47. The average molecular weight is 240 g/mol. The van der Waals surface area contributed by atoms with Crippen LogP contribution < -0.4 is 10.6 Å². The third-order valence-electron chi connectivity index (χ3n) is 3.45. The third-order valence-corrected chi connectivity index (χ3v) is 3.45. The van der Waals surface area contributed by atoms with Gasteiger partial charge in [-0.1, -0.05) is 33.1 Å². The number of amides is 2. The molecule has 1 rings (SSSR count). The van der Waals surface area contributed by atoms with Crippen molar-refractivity contribution in [3.8, 4) is 0 Å². The minimum atomic E-state index is -0.490. The molecule has 98 valence electrons. The van der Waals surface area contributed by atoms with Crippen LogP contribution in [-0.4, -0.2) is 24.4 Å². The molecule has 17 heavy (non-hydrogen) atoms. The van der Waals surface area contributed by atoms with E-state index < -0.39 is 11.8 Å². The monoisotopic (exact) mass is 240 g/mol. The summed E-state index contributed by atoms with van der Waals surface area (Å²) in [6.45, 7) is 4.78. The minimum absolute atomic E-state index is 0.174. The molecule has 2 atom stereocenters. The highest BCUT2D eigenvalue weighted by molar-refractivity contribution is 6.35. The summed E-state index contributed by atoms with van der Waals surface area (Å²) in [5.41, 5.74) is 0. The molecule has 1 fully saturated rings. The van der Waals surface area contributed by atoms with Crippen molar-refractivity contribution in [1.82, 2.24) is 10.6 Å². The fourth-order valence-corrected chi connectivity index (χ4v) is 2.22. The van der Waals surface area contributed by atoms with E-state index in [1.165, 1.54) is 6.42 Å². The van der Waals surface area contributed by atoms with E-state index in [4.69, 9.17) is 0 Å². The molecule has 0 aromatic heterocycles. The molecule has 2 N–H and O–H groups in total. The van der Waals surface area contributed by atoms with Crippen molar-refractivity contribution in [1.29, 1.82) is 0 Å². The lowest BCUT2D eigenvalue weighted by molar-refractivity contribution is -0.140. The summed E-state index contributed by atoms with van der Waals surface area (Å²) in [5, 5.41) is 5.48. The molecule has 0 saturated heterocycles. The average Bonchev–Trinajstić information content (AvgIpc) is 2.32. The SMILES string of the molecule is CCCCNC(=O)C(=O)NC1CCCCC1C. The number of carbonyl (C=O) groups excluding carboxylic acids is 2. The maximum absolute atomic E-state index is 11.6. The van der Waals surface area contributed by atoms with Gasteiger partial charge in [-0.2, -0.15) is 0 Å². The van der Waals surface area contributed by atoms with Gasteiger partial charge in [-0.25, -0.2) is 0 Å². The van der Waals surface area contributed by atoms with E-state index in [-0.39, 0.29) is 6.04 Å². The Labute approximate surface area is 104 Å². The Kier molecular flexibility index (Phi) is 6.01. The van der Waals surface area contributed by atoms with Crippen LogP contribution in [0.2, 0.25) is 0 Å². The Hall–Kier alpha value is -1.06. The first-order valence-electron chi connectivity index (χ1n) is 6.73. The Balaban J connectivity index is 2.29. The topological polar surface area (TPSA) is 58.2 Å². The quantitative estimate of drug-likeness (QED) is 0.579. The molecule has 0 heterocycles. The van der Waals surface area contributed by atoms with Crippen LogP contribution in [0.4, 0.5) is 0 Å². The number of unbranched alkanes of at least 4 members (excludes halogenated alkanes) is 1. The third kappa shape index (κ3) is 4.75. The van der Waals surface area contributed by atoms with Crippen LogP contribution in [0, 0.1) is 5.92 Å². The molecule has 2 amide bonds. The van der Waals surface area contributed by atoms with E-state index >= 15 is 0 Å². The molecular weight excluding hydrogens is 216 g/mol. The molecule has 0 aromatic rings. The largest absolute Gasteiger partial charge is 0.348 e. The Morgan fingerprint density at radius 3 is 2.53 bits per heavy atom. The molecular formula is C13H24N2O2. The van der Waals surface area contributed by atoms with Crippen LogP contribution in [0.1, 0.15) is 52.4 Å². The first-order chi connectivity index (χ1) is 8.15. The summed E-state index contributed by atoms with van der Waals surface area (Å²) >= 11 is 0. The maximum Gasteiger partial charge on any atom is 0.309 e. The zero-order chi connectivity index (χ0) is 12.7. The standard InChI is InChI=1S/C13H24N2O2/c1-3-4-9-14-12(16)13(17)15-11-8-6-5-7-10(11)2/h10-11H,3-9H2,1-2H3,(H,14,16)(H,15,17). The zero-order valence-electron chi connectivity index (χ0n) is 10.9. The molecule has 1 aliphatic carbocycles. The van der Waals surface area contributed by atoms with Gasteiger partial charge in [-0.3, -0.25) is 9.59 Å². The van der Waals surface area contributed by atoms with Gasteiger partial charge in [0, 0.05) is 12.6 Å². The van der Waals surface area contributed by atoms with Gasteiger partial charge < -0.3 is 10.6 Å². The summed E-state index contributed by atoms with van der Waals surface area (Å²) in [6.07, 6.45) is 6.45. The molecule has 1 aliphatic rings. The second-order valence-corrected chi connectivity index (χ2v) is 4.95. The van der Waals surface area contributed by atoms with Gasteiger partial charge in [0.2, 0.25) is 0 Å². The van der Waals surface area contributed by atoms with Crippen molar-refractivity contribution in [2.45, 2.75) is 58.4 Å². The van der Waals surface area contributed by atoms with E-state index in [1.54, 1.807) is 0 Å². The first kappa shape index (κ1) is 14.0. The highest BCUT2D eigenvalue weighted by Crippen LogP contribution is 2.23. The van der Waals surface area contributed by atoms with Crippen LogP contribution in [0.3, 0.4) is 0 Å². The number of nitrogens with one attached hydrogen (secondary N) is 2. The van der Waals surface area contributed by atoms with Crippen molar-refractivity contribution in [3.63, 3.8) is 0 Å². The molecule has 0 bridgehead atoms. The van der Waals surface area contributed by atoms with Gasteiger partial charge in [-0.05, 0) is 25.2 Å². The lowest BCUT2D eigenvalue weighted by Gasteiger charge is -2.29. The number of carbonyl (C=O) groups is 2. The molecule has 1 saturated carbocycles. The normalized spacial score (nSPS) is 24.1. The van der Waals surface area contributed by atoms with E-state index in [2.05, 4.69) is 24.5 Å². The fraction of sp³-hybridized carbons (Fsp3) is 0.846. The van der Waals surface area contributed by atoms with Crippen molar-refractivity contribution in [2.24, 2.45) is 5.92 Å². The van der Waals surface area contributed by atoms with Gasteiger partial charge in [0.05, 0.1) is 0 Å². The second kappa shape index (κ2) is 7.30. The Bertz CT molecular complexity index is 266. The summed E-state index contributed by atoms with van der Waals surface area (Å²) in [7, 11) is 0. The van der Waals surface area contributed by atoms with E-state index in [0.29, 0.717) is 12.5 Å². The molecule has 2 unspecified atom stereocenters. The first-order valence-corrected chi connectivity index (χ1v) is 6.73. The van der Waals surface area contributed by atoms with Gasteiger partial charge in [0.15, 0.2) is 0 Å². The smallest absolute Gasteiger partial charge is 0.309 e. The van der Waals surface area contributed by atoms with Gasteiger partial charge in [-0.15, -0.1) is 0 Å². The Morgan fingerprint density at radius 1 is 1.18 bits per heavy atom. The molecule has 0 aliphatic heterocycles. The zero-order valence-corrected chi connectivity index (χ0v) is 10.9. The number of hydrogen-bond donors (Lipinski definition) is 2. The highest BCUT2D eigenvalue weighted by Gasteiger charge is 2.25. The molecule has 0 radical (unpaired) electrons. The van der Waals surface area contributed by atoms with Crippen LogP contribution in [0.5, 0.6) is 0 Å². The Morgan fingerprint density at radius 2 is 1.88 bits per heavy atom. The molecule has 0 aromatic carbocycles. The predicted molar refractivity (Wildman–Crippen MR) is 67.5 cm³/mol. The summed E-state index contributed by atoms with van der Waals surface area (Å²) in [6, 6.07) is 0.174. The van der Waals surface area contributed by atoms with Crippen molar-refractivity contribution < 1.29 is 9.59 Å². The number of hydrogen-bond acceptors (Lipinski definition) is 2. The van der Waals surface area contributed by atoms with E-state index in [1.807, 2.05) is 0 Å². The summed E-state index contributed by atoms with van der Waals surface area (Å²) in [4.78, 5) is 23.1. The molecule has 4 nitrogen and oxygen atoms in total. The predicted octanol–water partition coefficient (Wildman–Crippen LogP) is 1.60.